The number of hydrogen-bond donors (Lipinski definition) is 1. The van der Waals surface area contributed by atoms with E-state index in [2.05, 4.69) is 18.1 Å². The minimum atomic E-state index is 0.374. The first-order valence-corrected chi connectivity index (χ1v) is 6.12. The number of nitrogen functional groups attached to an aromatic ring is 1. The summed E-state index contributed by atoms with van der Waals surface area (Å²) in [5.41, 5.74) is 9.82. The molecule has 0 aliphatic rings. The monoisotopic (exact) mass is 246 g/mol. The molecule has 1 aromatic carbocycles. The lowest BCUT2D eigenvalue weighted by atomic mass is 10.0. The van der Waals surface area contributed by atoms with Crippen molar-refractivity contribution < 1.29 is 9.26 Å². The van der Waals surface area contributed by atoms with Gasteiger partial charge in [0.2, 0.25) is 5.88 Å². The predicted molar refractivity (Wildman–Crippen MR) is 71.7 cm³/mol. The predicted octanol–water partition coefficient (Wildman–Crippen LogP) is 3.06. The fourth-order valence-electron chi connectivity index (χ4n) is 2.10. The Labute approximate surface area is 107 Å². The average Bonchev–Trinajstić information content (AvgIpc) is 2.79. The lowest BCUT2D eigenvalue weighted by Gasteiger charge is -2.09. The summed E-state index contributed by atoms with van der Waals surface area (Å²) in [6.07, 6.45) is 1.70. The summed E-state index contributed by atoms with van der Waals surface area (Å²) in [7, 11) is 1.68. The molecule has 18 heavy (non-hydrogen) atoms. The summed E-state index contributed by atoms with van der Waals surface area (Å²) < 4.78 is 10.4. The van der Waals surface area contributed by atoms with Crippen LogP contribution in [0.1, 0.15) is 25.1 Å². The van der Waals surface area contributed by atoms with Crippen LogP contribution >= 0.6 is 0 Å². The molecule has 1 heterocycles. The van der Waals surface area contributed by atoms with E-state index < -0.39 is 0 Å². The molecule has 4 nitrogen and oxygen atoms in total. The first-order chi connectivity index (χ1) is 8.71. The maximum atomic E-state index is 5.85. The second kappa shape index (κ2) is 5.12. The molecule has 0 fully saturated rings. The molecule has 0 aliphatic heterocycles. The van der Waals surface area contributed by atoms with Gasteiger partial charge in [0, 0.05) is 0 Å². The van der Waals surface area contributed by atoms with Crippen LogP contribution < -0.4 is 10.5 Å². The van der Waals surface area contributed by atoms with Crippen LogP contribution in [-0.2, 0) is 12.8 Å². The van der Waals surface area contributed by atoms with Crippen molar-refractivity contribution >= 4 is 5.88 Å². The van der Waals surface area contributed by atoms with E-state index in [9.17, 15) is 0 Å². The molecular weight excluding hydrogens is 228 g/mol. The highest BCUT2D eigenvalue weighted by Gasteiger charge is 2.15. The van der Waals surface area contributed by atoms with Crippen LogP contribution in [0.15, 0.2) is 22.7 Å². The largest absolute Gasteiger partial charge is 0.496 e. The van der Waals surface area contributed by atoms with Gasteiger partial charge < -0.3 is 15.0 Å². The summed E-state index contributed by atoms with van der Waals surface area (Å²) in [4.78, 5) is 0. The second-order valence-electron chi connectivity index (χ2n) is 4.10. The van der Waals surface area contributed by atoms with Gasteiger partial charge in [-0.2, -0.15) is 0 Å². The lowest BCUT2D eigenvalue weighted by molar-refractivity contribution is 0.410. The summed E-state index contributed by atoms with van der Waals surface area (Å²) in [6, 6.07) is 6.03. The fraction of sp³-hybridized carbons (Fsp3) is 0.357. The molecule has 0 spiro atoms. The highest BCUT2D eigenvalue weighted by atomic mass is 16.5. The molecule has 2 aromatic rings. The van der Waals surface area contributed by atoms with Crippen LogP contribution in [0.2, 0.25) is 0 Å². The van der Waals surface area contributed by atoms with Crippen molar-refractivity contribution in [3.8, 4) is 16.9 Å². The van der Waals surface area contributed by atoms with Crippen LogP contribution in [0.5, 0.6) is 5.75 Å². The van der Waals surface area contributed by atoms with E-state index in [-0.39, 0.29) is 0 Å². The van der Waals surface area contributed by atoms with Gasteiger partial charge in [-0.3, -0.25) is 0 Å². The smallest absolute Gasteiger partial charge is 0.230 e. The zero-order chi connectivity index (χ0) is 13.1. The van der Waals surface area contributed by atoms with Gasteiger partial charge in [0.25, 0.3) is 0 Å². The Hall–Kier alpha value is -1.97. The number of nitrogens with zero attached hydrogens (tertiary/aromatic N) is 1. The van der Waals surface area contributed by atoms with Gasteiger partial charge in [-0.05, 0) is 36.1 Å². The third-order valence-electron chi connectivity index (χ3n) is 3.07. The van der Waals surface area contributed by atoms with Gasteiger partial charge in [0.1, 0.15) is 5.75 Å². The van der Waals surface area contributed by atoms with Gasteiger partial charge in [-0.1, -0.05) is 25.1 Å². The Kier molecular flexibility index (Phi) is 3.55. The first-order valence-electron chi connectivity index (χ1n) is 6.12. The summed E-state index contributed by atoms with van der Waals surface area (Å²) in [5, 5.41) is 3.98. The quantitative estimate of drug-likeness (QED) is 0.900. The molecule has 0 amide bonds. The molecule has 2 rings (SSSR count). The van der Waals surface area contributed by atoms with Crippen LogP contribution in [0.25, 0.3) is 11.1 Å². The third-order valence-corrected chi connectivity index (χ3v) is 3.07. The third kappa shape index (κ3) is 2.06. The Morgan fingerprint density at radius 1 is 1.28 bits per heavy atom. The summed E-state index contributed by atoms with van der Waals surface area (Å²) >= 11 is 0. The van der Waals surface area contributed by atoms with Gasteiger partial charge in [-0.25, -0.2) is 0 Å². The molecule has 96 valence electrons. The summed E-state index contributed by atoms with van der Waals surface area (Å²) in [5.74, 6) is 1.27. The highest BCUT2D eigenvalue weighted by Crippen LogP contribution is 2.33. The Balaban J connectivity index is 2.54. The molecule has 2 N–H and O–H groups in total. The zero-order valence-electron chi connectivity index (χ0n) is 11.0. The van der Waals surface area contributed by atoms with E-state index in [4.69, 9.17) is 15.0 Å². The molecule has 0 atom stereocenters. The number of benzene rings is 1. The lowest BCUT2D eigenvalue weighted by Crippen LogP contribution is -1.94. The van der Waals surface area contributed by atoms with Crippen molar-refractivity contribution in [1.29, 1.82) is 0 Å². The number of rotatable bonds is 4. The number of methoxy groups -OCH3 is 1. The zero-order valence-corrected chi connectivity index (χ0v) is 11.0. The van der Waals surface area contributed by atoms with Crippen molar-refractivity contribution in [2.24, 2.45) is 0 Å². The number of anilines is 1. The van der Waals surface area contributed by atoms with Crippen molar-refractivity contribution in [2.45, 2.75) is 26.7 Å². The van der Waals surface area contributed by atoms with Gasteiger partial charge in [0.05, 0.1) is 18.4 Å². The molecule has 0 radical (unpaired) electrons. The number of aromatic nitrogens is 1. The van der Waals surface area contributed by atoms with Crippen LogP contribution in [0.3, 0.4) is 0 Å². The van der Waals surface area contributed by atoms with Crippen molar-refractivity contribution in [1.82, 2.24) is 5.16 Å². The molecule has 0 saturated carbocycles. The van der Waals surface area contributed by atoms with Gasteiger partial charge >= 0.3 is 0 Å². The molecule has 4 heteroatoms. The Morgan fingerprint density at radius 2 is 2.06 bits per heavy atom. The van der Waals surface area contributed by atoms with E-state index in [0.717, 1.165) is 41.0 Å². The van der Waals surface area contributed by atoms with Crippen LogP contribution in [0.4, 0.5) is 5.88 Å². The molecule has 0 saturated heterocycles. The number of ether oxygens (including phenoxy) is 1. The SMILES string of the molecule is CCc1cc(-c2c(CC)noc2N)ccc1OC. The Morgan fingerprint density at radius 3 is 2.67 bits per heavy atom. The van der Waals surface area contributed by atoms with Gasteiger partial charge in [0.15, 0.2) is 0 Å². The van der Waals surface area contributed by atoms with E-state index in [1.54, 1.807) is 7.11 Å². The first kappa shape index (κ1) is 12.5. The minimum absolute atomic E-state index is 0.374. The van der Waals surface area contributed by atoms with E-state index in [1.165, 1.54) is 0 Å². The number of aryl methyl sites for hydroxylation is 2. The molecule has 0 unspecified atom stereocenters. The van der Waals surface area contributed by atoms with E-state index in [1.807, 2.05) is 19.1 Å². The average molecular weight is 246 g/mol. The van der Waals surface area contributed by atoms with E-state index in [0.29, 0.717) is 5.88 Å². The Bertz CT molecular complexity index is 547. The topological polar surface area (TPSA) is 61.3 Å². The summed E-state index contributed by atoms with van der Waals surface area (Å²) in [6.45, 7) is 4.13. The fourth-order valence-corrected chi connectivity index (χ4v) is 2.10. The normalized spacial score (nSPS) is 10.6. The standard InChI is InChI=1S/C14H18N2O2/c1-4-9-8-10(6-7-12(9)17-3)13-11(5-2)16-18-14(13)15/h6-8H,4-5,15H2,1-3H3. The molecular formula is C14H18N2O2. The highest BCUT2D eigenvalue weighted by molar-refractivity contribution is 5.76. The van der Waals surface area contributed by atoms with E-state index >= 15 is 0 Å². The maximum Gasteiger partial charge on any atom is 0.230 e. The maximum absolute atomic E-state index is 5.85. The minimum Gasteiger partial charge on any atom is -0.496 e. The van der Waals surface area contributed by atoms with Crippen molar-refractivity contribution in [3.63, 3.8) is 0 Å². The van der Waals surface area contributed by atoms with Crippen LogP contribution in [-0.4, -0.2) is 12.3 Å². The van der Waals surface area contributed by atoms with Crippen molar-refractivity contribution in [3.05, 3.63) is 29.5 Å². The van der Waals surface area contributed by atoms with Crippen molar-refractivity contribution in [2.75, 3.05) is 12.8 Å². The molecule has 1 aromatic heterocycles. The van der Waals surface area contributed by atoms with Crippen LogP contribution in [0, 0.1) is 0 Å². The number of hydrogen-bond acceptors (Lipinski definition) is 4. The molecule has 0 aliphatic carbocycles. The van der Waals surface area contributed by atoms with Gasteiger partial charge in [-0.15, -0.1) is 0 Å². The molecule has 0 bridgehead atoms. The second-order valence-corrected chi connectivity index (χ2v) is 4.10. The number of nitrogens with two attached hydrogens (primary N) is 1.